The number of nitrogens with zero attached hydrogens (tertiary/aromatic N) is 3. The van der Waals surface area contributed by atoms with Crippen LogP contribution < -0.4 is 10.2 Å². The molecule has 0 bridgehead atoms. The van der Waals surface area contributed by atoms with Gasteiger partial charge in [-0.15, -0.1) is 0 Å². The van der Waals surface area contributed by atoms with Gasteiger partial charge in [-0.25, -0.2) is 4.98 Å². The number of benzene rings is 1. The molecule has 0 atom stereocenters. The zero-order chi connectivity index (χ0) is 18.8. The first kappa shape index (κ1) is 17.3. The molecule has 6 nitrogen and oxygen atoms in total. The Morgan fingerprint density at radius 1 is 1.19 bits per heavy atom. The number of amides is 2. The standard InChI is InChI=1S/C20H17ClN4O2/c21-20-16(24-12-4-3-8-17(24)23-20)10-11-18(26)22-14-6-1-2-7-15(14)25-13-5-9-19(25)27/h1-4,6-8,10-12H,5,9,13H2,(H,22,26)/b11-10+. The van der Waals surface area contributed by atoms with Crippen LogP contribution in [0.4, 0.5) is 11.4 Å². The van der Waals surface area contributed by atoms with Gasteiger partial charge in [0, 0.05) is 25.2 Å². The quantitative estimate of drug-likeness (QED) is 0.701. The Labute approximate surface area is 161 Å². The highest BCUT2D eigenvalue weighted by Gasteiger charge is 2.23. The second-order valence-electron chi connectivity index (χ2n) is 6.21. The monoisotopic (exact) mass is 380 g/mol. The number of nitrogens with one attached hydrogen (secondary N) is 1. The molecule has 3 heterocycles. The molecular weight excluding hydrogens is 364 g/mol. The highest BCUT2D eigenvalue weighted by molar-refractivity contribution is 6.31. The summed E-state index contributed by atoms with van der Waals surface area (Å²) in [5.74, 6) is -0.235. The molecule has 3 aromatic rings. The van der Waals surface area contributed by atoms with Gasteiger partial charge in [0.15, 0.2) is 5.15 Å². The zero-order valence-corrected chi connectivity index (χ0v) is 15.2. The number of fused-ring (bicyclic) bond motifs is 1. The Bertz CT molecular complexity index is 1060. The van der Waals surface area contributed by atoms with Gasteiger partial charge in [0.1, 0.15) is 5.65 Å². The van der Waals surface area contributed by atoms with E-state index in [1.165, 1.54) is 6.08 Å². The Morgan fingerprint density at radius 3 is 2.81 bits per heavy atom. The normalized spacial score (nSPS) is 14.4. The number of imidazole rings is 1. The van der Waals surface area contributed by atoms with Crippen LogP contribution in [0.25, 0.3) is 11.7 Å². The SMILES string of the molecule is O=C(/C=C/c1c(Cl)nc2ccccn12)Nc1ccccc1N1CCCC1=O. The molecule has 2 aromatic heterocycles. The van der Waals surface area contributed by atoms with E-state index in [1.54, 1.807) is 17.0 Å². The van der Waals surface area contributed by atoms with Crippen molar-refractivity contribution < 1.29 is 9.59 Å². The fourth-order valence-electron chi connectivity index (χ4n) is 3.18. The van der Waals surface area contributed by atoms with E-state index in [0.717, 1.165) is 12.1 Å². The molecule has 1 aliphatic rings. The average molecular weight is 381 g/mol. The molecule has 27 heavy (non-hydrogen) atoms. The lowest BCUT2D eigenvalue weighted by molar-refractivity contribution is -0.117. The van der Waals surface area contributed by atoms with E-state index in [0.29, 0.717) is 35.1 Å². The average Bonchev–Trinajstić information content (AvgIpc) is 3.23. The summed E-state index contributed by atoms with van der Waals surface area (Å²) < 4.78 is 1.81. The molecule has 0 saturated carbocycles. The van der Waals surface area contributed by atoms with Crippen molar-refractivity contribution in [2.45, 2.75) is 12.8 Å². The van der Waals surface area contributed by atoms with Gasteiger partial charge in [-0.2, -0.15) is 0 Å². The maximum Gasteiger partial charge on any atom is 0.248 e. The first-order valence-corrected chi connectivity index (χ1v) is 9.02. The fourth-order valence-corrected chi connectivity index (χ4v) is 3.42. The molecule has 0 radical (unpaired) electrons. The molecule has 2 amide bonds. The largest absolute Gasteiger partial charge is 0.321 e. The van der Waals surface area contributed by atoms with Gasteiger partial charge < -0.3 is 10.2 Å². The number of hydrogen-bond donors (Lipinski definition) is 1. The lowest BCUT2D eigenvalue weighted by atomic mass is 10.2. The van der Waals surface area contributed by atoms with E-state index in [-0.39, 0.29) is 11.8 Å². The number of pyridine rings is 1. The molecule has 1 N–H and O–H groups in total. The molecule has 1 aromatic carbocycles. The van der Waals surface area contributed by atoms with Crippen molar-refractivity contribution in [1.82, 2.24) is 9.38 Å². The van der Waals surface area contributed by atoms with E-state index >= 15 is 0 Å². The third-order valence-electron chi connectivity index (χ3n) is 4.44. The van der Waals surface area contributed by atoms with Crippen LogP contribution in [-0.4, -0.2) is 27.7 Å². The summed E-state index contributed by atoms with van der Waals surface area (Å²) in [5.41, 5.74) is 2.66. The lowest BCUT2D eigenvalue weighted by Crippen LogP contribution is -2.25. The molecule has 4 rings (SSSR count). The number of halogens is 1. The van der Waals surface area contributed by atoms with Crippen LogP contribution in [0.2, 0.25) is 5.15 Å². The van der Waals surface area contributed by atoms with Gasteiger partial charge in [-0.3, -0.25) is 14.0 Å². The van der Waals surface area contributed by atoms with Crippen LogP contribution in [0.15, 0.2) is 54.7 Å². The van der Waals surface area contributed by atoms with Gasteiger partial charge in [0.25, 0.3) is 0 Å². The summed E-state index contributed by atoms with van der Waals surface area (Å²) in [7, 11) is 0. The van der Waals surface area contributed by atoms with Crippen molar-refractivity contribution in [2.75, 3.05) is 16.8 Å². The minimum atomic E-state index is -0.309. The minimum Gasteiger partial charge on any atom is -0.321 e. The zero-order valence-electron chi connectivity index (χ0n) is 14.4. The number of rotatable bonds is 4. The van der Waals surface area contributed by atoms with Crippen LogP contribution in [-0.2, 0) is 9.59 Å². The fraction of sp³-hybridized carbons (Fsp3) is 0.150. The first-order chi connectivity index (χ1) is 13.1. The van der Waals surface area contributed by atoms with Gasteiger partial charge in [-0.1, -0.05) is 29.8 Å². The second-order valence-corrected chi connectivity index (χ2v) is 6.56. The van der Waals surface area contributed by atoms with E-state index in [9.17, 15) is 9.59 Å². The van der Waals surface area contributed by atoms with Crippen LogP contribution in [0.3, 0.4) is 0 Å². The Balaban J connectivity index is 1.56. The number of aromatic nitrogens is 2. The highest BCUT2D eigenvalue weighted by Crippen LogP contribution is 2.29. The van der Waals surface area contributed by atoms with Crippen LogP contribution >= 0.6 is 11.6 Å². The Hall–Kier alpha value is -3.12. The van der Waals surface area contributed by atoms with E-state index in [2.05, 4.69) is 10.3 Å². The van der Waals surface area contributed by atoms with Crippen LogP contribution in [0.1, 0.15) is 18.5 Å². The lowest BCUT2D eigenvalue weighted by Gasteiger charge is -2.19. The molecule has 1 aliphatic heterocycles. The van der Waals surface area contributed by atoms with E-state index in [1.807, 2.05) is 47.0 Å². The third-order valence-corrected chi connectivity index (χ3v) is 4.72. The maximum atomic E-state index is 12.4. The van der Waals surface area contributed by atoms with Gasteiger partial charge in [0.2, 0.25) is 11.8 Å². The molecule has 136 valence electrons. The molecule has 7 heteroatoms. The summed E-state index contributed by atoms with van der Waals surface area (Å²) >= 11 is 6.18. The highest BCUT2D eigenvalue weighted by atomic mass is 35.5. The molecule has 0 spiro atoms. The van der Waals surface area contributed by atoms with E-state index < -0.39 is 0 Å². The molecule has 1 saturated heterocycles. The summed E-state index contributed by atoms with van der Waals surface area (Å²) in [5, 5.41) is 3.17. The van der Waals surface area contributed by atoms with Crippen molar-refractivity contribution in [1.29, 1.82) is 0 Å². The number of carbonyl (C=O) groups is 2. The predicted octanol–water partition coefficient (Wildman–Crippen LogP) is 3.77. The van der Waals surface area contributed by atoms with Crippen molar-refractivity contribution >= 4 is 46.5 Å². The van der Waals surface area contributed by atoms with Crippen molar-refractivity contribution in [3.63, 3.8) is 0 Å². The minimum absolute atomic E-state index is 0.0738. The van der Waals surface area contributed by atoms with E-state index in [4.69, 9.17) is 11.6 Å². The molecular formula is C20H17ClN4O2. The Morgan fingerprint density at radius 2 is 2.00 bits per heavy atom. The number of hydrogen-bond acceptors (Lipinski definition) is 3. The maximum absolute atomic E-state index is 12.4. The Kier molecular flexibility index (Phi) is 4.64. The van der Waals surface area contributed by atoms with Crippen LogP contribution in [0.5, 0.6) is 0 Å². The number of anilines is 2. The van der Waals surface area contributed by atoms with Crippen molar-refractivity contribution in [2.24, 2.45) is 0 Å². The molecule has 1 fully saturated rings. The van der Waals surface area contributed by atoms with Gasteiger partial charge in [-0.05, 0) is 36.8 Å². The first-order valence-electron chi connectivity index (χ1n) is 8.64. The number of carbonyl (C=O) groups excluding carboxylic acids is 2. The summed E-state index contributed by atoms with van der Waals surface area (Å²) in [6, 6.07) is 12.9. The topological polar surface area (TPSA) is 66.7 Å². The summed E-state index contributed by atoms with van der Waals surface area (Å²) in [4.78, 5) is 30.4. The number of para-hydroxylation sites is 2. The smallest absolute Gasteiger partial charge is 0.248 e. The predicted molar refractivity (Wildman–Crippen MR) is 106 cm³/mol. The summed E-state index contributed by atoms with van der Waals surface area (Å²) in [6.45, 7) is 0.666. The van der Waals surface area contributed by atoms with Crippen molar-refractivity contribution in [3.05, 3.63) is 65.6 Å². The second kappa shape index (κ2) is 7.25. The molecule has 0 unspecified atom stereocenters. The molecule has 0 aliphatic carbocycles. The van der Waals surface area contributed by atoms with Gasteiger partial charge in [0.05, 0.1) is 17.1 Å². The van der Waals surface area contributed by atoms with Crippen LogP contribution in [0, 0.1) is 0 Å². The van der Waals surface area contributed by atoms with Gasteiger partial charge >= 0.3 is 0 Å². The van der Waals surface area contributed by atoms with Crippen molar-refractivity contribution in [3.8, 4) is 0 Å². The third kappa shape index (κ3) is 3.44. The summed E-state index contributed by atoms with van der Waals surface area (Å²) in [6.07, 6.45) is 6.23.